The van der Waals surface area contributed by atoms with E-state index in [9.17, 15) is 0 Å². The van der Waals surface area contributed by atoms with Gasteiger partial charge in [0.25, 0.3) is 0 Å². The molecule has 0 fully saturated rings. The Balaban J connectivity index is 1.96. The van der Waals surface area contributed by atoms with Crippen LogP contribution in [0.3, 0.4) is 0 Å². The highest BCUT2D eigenvalue weighted by atomic mass is 35.5. The summed E-state index contributed by atoms with van der Waals surface area (Å²) < 4.78 is 0. The first-order valence-corrected chi connectivity index (χ1v) is 9.15. The molecule has 1 N–H and O–H groups in total. The van der Waals surface area contributed by atoms with Crippen molar-refractivity contribution in [1.29, 1.82) is 0 Å². The van der Waals surface area contributed by atoms with Gasteiger partial charge in [-0.3, -0.25) is 0 Å². The van der Waals surface area contributed by atoms with Crippen LogP contribution in [0.15, 0.2) is 30.5 Å². The summed E-state index contributed by atoms with van der Waals surface area (Å²) in [5.74, 6) is 1.62. The summed E-state index contributed by atoms with van der Waals surface area (Å²) in [7, 11) is 0. The molecule has 0 saturated heterocycles. The Hall–Kier alpha value is -1.52. The number of benzene rings is 1. The second kappa shape index (κ2) is 9.70. The molecule has 0 radical (unpaired) electrons. The highest BCUT2D eigenvalue weighted by molar-refractivity contribution is 6.35. The Morgan fingerprint density at radius 3 is 2.50 bits per heavy atom. The van der Waals surface area contributed by atoms with Gasteiger partial charge in [0.1, 0.15) is 5.82 Å². The molecule has 0 amide bonds. The van der Waals surface area contributed by atoms with Crippen molar-refractivity contribution < 1.29 is 0 Å². The highest BCUT2D eigenvalue weighted by Crippen LogP contribution is 2.21. The molecule has 2 rings (SSSR count). The summed E-state index contributed by atoms with van der Waals surface area (Å²) in [5, 5.41) is 4.70. The summed E-state index contributed by atoms with van der Waals surface area (Å²) in [4.78, 5) is 11.3. The van der Waals surface area contributed by atoms with E-state index in [0.29, 0.717) is 10.0 Å². The number of hydrogen-bond acceptors (Lipinski definition) is 4. The van der Waals surface area contributed by atoms with E-state index < -0.39 is 0 Å². The molecular formula is C18H24Cl2N4. The van der Waals surface area contributed by atoms with Gasteiger partial charge in [0.15, 0.2) is 0 Å². The van der Waals surface area contributed by atoms with E-state index in [1.807, 2.05) is 18.2 Å². The first kappa shape index (κ1) is 18.8. The molecule has 0 aliphatic rings. The van der Waals surface area contributed by atoms with Crippen LogP contribution in [0.1, 0.15) is 32.3 Å². The van der Waals surface area contributed by atoms with Crippen LogP contribution in [0.2, 0.25) is 10.0 Å². The van der Waals surface area contributed by atoms with Crippen molar-refractivity contribution in [3.05, 3.63) is 46.1 Å². The summed E-state index contributed by atoms with van der Waals surface area (Å²) in [6.07, 6.45) is 4.77. The fraction of sp³-hybridized carbons (Fsp3) is 0.444. The predicted molar refractivity (Wildman–Crippen MR) is 103 cm³/mol. The van der Waals surface area contributed by atoms with Gasteiger partial charge in [0.05, 0.1) is 0 Å². The average Bonchev–Trinajstić information content (AvgIpc) is 2.57. The first-order chi connectivity index (χ1) is 11.6. The Labute approximate surface area is 154 Å². The van der Waals surface area contributed by atoms with Crippen LogP contribution in [0.5, 0.6) is 0 Å². The van der Waals surface area contributed by atoms with Crippen molar-refractivity contribution in [3.8, 4) is 0 Å². The maximum absolute atomic E-state index is 6.20. The molecule has 130 valence electrons. The van der Waals surface area contributed by atoms with Crippen LogP contribution in [0.4, 0.5) is 11.8 Å². The molecule has 1 aromatic heterocycles. The van der Waals surface area contributed by atoms with E-state index >= 15 is 0 Å². The number of anilines is 2. The Morgan fingerprint density at radius 2 is 1.83 bits per heavy atom. The van der Waals surface area contributed by atoms with Crippen LogP contribution >= 0.6 is 23.2 Å². The monoisotopic (exact) mass is 366 g/mol. The molecule has 0 atom stereocenters. The fourth-order valence-corrected chi connectivity index (χ4v) is 3.00. The quantitative estimate of drug-likeness (QED) is 0.672. The molecule has 6 heteroatoms. The molecule has 0 aliphatic carbocycles. The number of halogens is 2. The summed E-state index contributed by atoms with van der Waals surface area (Å²) >= 11 is 12.1. The normalized spacial score (nSPS) is 10.7. The number of nitrogens with zero attached hydrogens (tertiary/aromatic N) is 3. The van der Waals surface area contributed by atoms with Gasteiger partial charge in [-0.05, 0) is 43.0 Å². The number of rotatable bonds is 9. The van der Waals surface area contributed by atoms with Crippen molar-refractivity contribution in [2.75, 3.05) is 29.9 Å². The molecule has 2 aromatic rings. The van der Waals surface area contributed by atoms with Crippen molar-refractivity contribution >= 4 is 35.0 Å². The minimum atomic E-state index is 0.657. The van der Waals surface area contributed by atoms with Gasteiger partial charge in [-0.15, -0.1) is 0 Å². The smallest absolute Gasteiger partial charge is 0.227 e. The molecule has 0 aliphatic heterocycles. The Bertz CT molecular complexity index is 643. The number of nitrogens with one attached hydrogen (secondary N) is 1. The first-order valence-electron chi connectivity index (χ1n) is 8.39. The second-order valence-corrected chi connectivity index (χ2v) is 6.49. The maximum atomic E-state index is 6.20. The van der Waals surface area contributed by atoms with Crippen LogP contribution in [-0.4, -0.2) is 29.6 Å². The highest BCUT2D eigenvalue weighted by Gasteiger charge is 2.08. The zero-order chi connectivity index (χ0) is 17.4. The molecule has 4 nitrogen and oxygen atoms in total. The lowest BCUT2D eigenvalue weighted by molar-refractivity contribution is 0.721. The summed E-state index contributed by atoms with van der Waals surface area (Å²) in [5.41, 5.74) is 1.07. The maximum Gasteiger partial charge on any atom is 0.227 e. The van der Waals surface area contributed by atoms with E-state index in [0.717, 1.165) is 56.2 Å². The molecule has 1 heterocycles. The molecule has 1 aromatic carbocycles. The lowest BCUT2D eigenvalue weighted by Gasteiger charge is -2.21. The van der Waals surface area contributed by atoms with E-state index in [4.69, 9.17) is 23.2 Å². The summed E-state index contributed by atoms with van der Waals surface area (Å²) in [6.45, 7) is 7.02. The molecule has 24 heavy (non-hydrogen) atoms. The zero-order valence-corrected chi connectivity index (χ0v) is 15.7. The topological polar surface area (TPSA) is 41.1 Å². The third-order valence-electron chi connectivity index (χ3n) is 3.63. The molecular weight excluding hydrogens is 343 g/mol. The molecule has 0 bridgehead atoms. The second-order valence-electron chi connectivity index (χ2n) is 5.64. The minimum Gasteiger partial charge on any atom is -0.370 e. The van der Waals surface area contributed by atoms with Gasteiger partial charge in [-0.25, -0.2) is 4.98 Å². The SMILES string of the molecule is CCCN(CCC)c1nccc(NCCc2ccc(Cl)cc2Cl)n1. The van der Waals surface area contributed by atoms with Crippen LogP contribution in [0, 0.1) is 0 Å². The number of hydrogen-bond donors (Lipinski definition) is 1. The third kappa shape index (κ3) is 5.53. The van der Waals surface area contributed by atoms with Crippen molar-refractivity contribution in [1.82, 2.24) is 9.97 Å². The van der Waals surface area contributed by atoms with Gasteiger partial charge in [0.2, 0.25) is 5.95 Å². The van der Waals surface area contributed by atoms with E-state index in [1.165, 1.54) is 0 Å². The van der Waals surface area contributed by atoms with Crippen molar-refractivity contribution in [3.63, 3.8) is 0 Å². The minimum absolute atomic E-state index is 0.657. The van der Waals surface area contributed by atoms with Crippen LogP contribution in [0.25, 0.3) is 0 Å². The average molecular weight is 367 g/mol. The Morgan fingerprint density at radius 1 is 1.08 bits per heavy atom. The van der Waals surface area contributed by atoms with E-state index in [-0.39, 0.29) is 0 Å². The molecule has 0 saturated carbocycles. The van der Waals surface area contributed by atoms with Gasteiger partial charge >= 0.3 is 0 Å². The lowest BCUT2D eigenvalue weighted by atomic mass is 10.1. The number of aromatic nitrogens is 2. The van der Waals surface area contributed by atoms with Crippen LogP contribution in [-0.2, 0) is 6.42 Å². The lowest BCUT2D eigenvalue weighted by Crippen LogP contribution is -2.27. The van der Waals surface area contributed by atoms with Gasteiger partial charge in [-0.1, -0.05) is 43.1 Å². The van der Waals surface area contributed by atoms with E-state index in [2.05, 4.69) is 34.0 Å². The zero-order valence-electron chi connectivity index (χ0n) is 14.2. The third-order valence-corrected chi connectivity index (χ3v) is 4.22. The fourth-order valence-electron chi connectivity index (χ4n) is 2.50. The van der Waals surface area contributed by atoms with Gasteiger partial charge in [-0.2, -0.15) is 4.98 Å². The van der Waals surface area contributed by atoms with Crippen LogP contribution < -0.4 is 10.2 Å². The predicted octanol–water partition coefficient (Wildman–Crippen LogP) is 5.06. The summed E-state index contributed by atoms with van der Waals surface area (Å²) in [6, 6.07) is 7.48. The standard InChI is InChI=1S/C18H24Cl2N4/c1-3-11-24(12-4-2)18-22-10-8-17(23-18)21-9-7-14-5-6-15(19)13-16(14)20/h5-6,8,10,13H,3-4,7,9,11-12H2,1-2H3,(H,21,22,23). The van der Waals surface area contributed by atoms with Gasteiger partial charge < -0.3 is 10.2 Å². The largest absolute Gasteiger partial charge is 0.370 e. The Kier molecular flexibility index (Phi) is 7.60. The van der Waals surface area contributed by atoms with Crippen molar-refractivity contribution in [2.45, 2.75) is 33.1 Å². The van der Waals surface area contributed by atoms with E-state index in [1.54, 1.807) is 12.3 Å². The molecule has 0 unspecified atom stereocenters. The van der Waals surface area contributed by atoms with Crippen molar-refractivity contribution in [2.24, 2.45) is 0 Å². The van der Waals surface area contributed by atoms with Gasteiger partial charge in [0, 0.05) is 35.9 Å². The molecule has 0 spiro atoms.